The molecule has 168 valence electrons. The van der Waals surface area contributed by atoms with Crippen molar-refractivity contribution in [2.24, 2.45) is 0 Å². The number of benzene rings is 3. The molecule has 3 aromatic rings. The lowest BCUT2D eigenvalue weighted by atomic mass is 9.95. The second-order valence-electron chi connectivity index (χ2n) is 8.28. The van der Waals surface area contributed by atoms with Crippen LogP contribution >= 0.6 is 11.6 Å². The fourth-order valence-corrected chi connectivity index (χ4v) is 4.35. The van der Waals surface area contributed by atoms with Gasteiger partial charge in [-0.3, -0.25) is 0 Å². The van der Waals surface area contributed by atoms with Gasteiger partial charge in [-0.2, -0.15) is 0 Å². The molecule has 1 fully saturated rings. The van der Waals surface area contributed by atoms with E-state index in [1.54, 1.807) is 0 Å². The number of halogens is 1. The summed E-state index contributed by atoms with van der Waals surface area (Å²) in [5, 5.41) is 0.793. The van der Waals surface area contributed by atoms with Gasteiger partial charge in [0.1, 0.15) is 5.75 Å². The third kappa shape index (κ3) is 6.35. The first-order chi connectivity index (χ1) is 15.7. The summed E-state index contributed by atoms with van der Waals surface area (Å²) in [6.45, 7) is 3.91. The third-order valence-electron chi connectivity index (χ3n) is 5.83. The Balaban J connectivity index is 1.36. The van der Waals surface area contributed by atoms with E-state index in [2.05, 4.69) is 36.4 Å². The van der Waals surface area contributed by atoms with E-state index in [1.165, 1.54) is 16.7 Å². The molecule has 32 heavy (non-hydrogen) atoms. The van der Waals surface area contributed by atoms with Crippen LogP contribution < -0.4 is 4.74 Å². The molecule has 1 heterocycles. The first-order valence-electron chi connectivity index (χ1n) is 11.5. The number of rotatable bonds is 9. The van der Waals surface area contributed by atoms with Crippen LogP contribution in [0.4, 0.5) is 0 Å². The molecule has 3 nitrogen and oxygen atoms in total. The van der Waals surface area contributed by atoms with Gasteiger partial charge >= 0.3 is 0 Å². The van der Waals surface area contributed by atoms with Gasteiger partial charge in [0.05, 0.1) is 32.0 Å². The lowest BCUT2D eigenvalue weighted by Crippen LogP contribution is -2.26. The molecule has 2 unspecified atom stereocenters. The van der Waals surface area contributed by atoms with E-state index >= 15 is 0 Å². The molecule has 0 N–H and O–H groups in total. The Bertz CT molecular complexity index is 972. The van der Waals surface area contributed by atoms with E-state index in [4.69, 9.17) is 25.8 Å². The van der Waals surface area contributed by atoms with Gasteiger partial charge in [0.2, 0.25) is 0 Å². The van der Waals surface area contributed by atoms with E-state index in [-0.39, 0.29) is 12.2 Å². The highest BCUT2D eigenvalue weighted by Crippen LogP contribution is 2.34. The van der Waals surface area contributed by atoms with Crippen molar-refractivity contribution in [3.05, 3.63) is 100 Å². The summed E-state index contributed by atoms with van der Waals surface area (Å²) in [6.07, 6.45) is 4.21. The van der Waals surface area contributed by atoms with Gasteiger partial charge in [-0.05, 0) is 73.1 Å². The second-order valence-corrected chi connectivity index (χ2v) is 8.69. The van der Waals surface area contributed by atoms with E-state index in [0.717, 1.165) is 42.0 Å². The molecule has 0 aliphatic carbocycles. The predicted octanol–water partition coefficient (Wildman–Crippen LogP) is 7.16. The van der Waals surface area contributed by atoms with E-state index in [1.807, 2.05) is 43.3 Å². The number of hydrogen-bond donors (Lipinski definition) is 0. The second kappa shape index (κ2) is 11.5. The van der Waals surface area contributed by atoms with Crippen LogP contribution in [0.15, 0.2) is 72.8 Å². The molecule has 0 spiro atoms. The summed E-state index contributed by atoms with van der Waals surface area (Å²) in [7, 11) is 0. The highest BCUT2D eigenvalue weighted by atomic mass is 35.5. The summed E-state index contributed by atoms with van der Waals surface area (Å²) in [5.74, 6) is 0.896. The van der Waals surface area contributed by atoms with Gasteiger partial charge < -0.3 is 14.2 Å². The van der Waals surface area contributed by atoms with Crippen molar-refractivity contribution < 1.29 is 14.2 Å². The van der Waals surface area contributed by atoms with Gasteiger partial charge in [0.25, 0.3) is 0 Å². The Kier molecular flexibility index (Phi) is 8.22. The third-order valence-corrected chi connectivity index (χ3v) is 6.20. The van der Waals surface area contributed by atoms with Crippen LogP contribution in [0.5, 0.6) is 5.75 Å². The molecule has 3 aromatic carbocycles. The largest absolute Gasteiger partial charge is 0.494 e. The average Bonchev–Trinajstić information content (AvgIpc) is 2.83. The molecule has 0 saturated carbocycles. The molecule has 1 aliphatic rings. The molecular formula is C28H31ClO3. The fourth-order valence-electron chi connectivity index (χ4n) is 4.17. The standard InChI is InChI=1S/C28H31ClO3/c1-2-31-25-14-11-21(12-15-25)17-24-18-23(13-16-27(24)29)28-10-6-9-26(32-28)20-30-19-22-7-4-3-5-8-22/h3-5,7-8,11-16,18,26,28H,2,6,9-10,17,19-20H2,1H3. The Morgan fingerprint density at radius 3 is 2.53 bits per heavy atom. The highest BCUT2D eigenvalue weighted by Gasteiger charge is 2.24. The topological polar surface area (TPSA) is 27.7 Å². The lowest BCUT2D eigenvalue weighted by molar-refractivity contribution is -0.0905. The Labute approximate surface area is 196 Å². The zero-order valence-corrected chi connectivity index (χ0v) is 19.4. The van der Waals surface area contributed by atoms with Crippen LogP contribution in [-0.2, 0) is 22.5 Å². The summed E-state index contributed by atoms with van der Waals surface area (Å²) < 4.78 is 17.9. The molecule has 1 saturated heterocycles. The van der Waals surface area contributed by atoms with Crippen molar-refractivity contribution in [3.8, 4) is 5.75 Å². The minimum absolute atomic E-state index is 0.0884. The predicted molar refractivity (Wildman–Crippen MR) is 129 cm³/mol. The summed E-state index contributed by atoms with van der Waals surface area (Å²) in [5.41, 5.74) is 4.73. The van der Waals surface area contributed by atoms with Gasteiger partial charge in [-0.15, -0.1) is 0 Å². The van der Waals surface area contributed by atoms with Crippen LogP contribution in [0.3, 0.4) is 0 Å². The minimum atomic E-state index is 0.0884. The average molecular weight is 451 g/mol. The Hall–Kier alpha value is -2.33. The van der Waals surface area contributed by atoms with Gasteiger partial charge in [-0.1, -0.05) is 66.2 Å². The summed E-state index contributed by atoms with van der Waals surface area (Å²) in [4.78, 5) is 0. The summed E-state index contributed by atoms with van der Waals surface area (Å²) in [6, 6.07) is 24.8. The first-order valence-corrected chi connectivity index (χ1v) is 11.9. The zero-order valence-electron chi connectivity index (χ0n) is 18.6. The molecule has 4 rings (SSSR count). The van der Waals surface area contributed by atoms with Crippen LogP contribution in [-0.4, -0.2) is 19.3 Å². The SMILES string of the molecule is CCOc1ccc(Cc2cc(C3CCCC(COCc4ccccc4)O3)ccc2Cl)cc1. The number of hydrogen-bond acceptors (Lipinski definition) is 3. The first kappa shape index (κ1) is 22.8. The monoisotopic (exact) mass is 450 g/mol. The quantitative estimate of drug-likeness (QED) is 0.346. The van der Waals surface area contributed by atoms with Gasteiger partial charge in [0, 0.05) is 5.02 Å². The maximum Gasteiger partial charge on any atom is 0.119 e. The molecule has 0 amide bonds. The van der Waals surface area contributed by atoms with Crippen molar-refractivity contribution in [2.75, 3.05) is 13.2 Å². The Morgan fingerprint density at radius 2 is 1.75 bits per heavy atom. The maximum atomic E-state index is 6.54. The molecular weight excluding hydrogens is 420 g/mol. The van der Waals surface area contributed by atoms with E-state index in [0.29, 0.717) is 19.8 Å². The molecule has 2 atom stereocenters. The Morgan fingerprint density at radius 1 is 0.938 bits per heavy atom. The zero-order chi connectivity index (χ0) is 22.2. The maximum absolute atomic E-state index is 6.54. The smallest absolute Gasteiger partial charge is 0.119 e. The lowest BCUT2D eigenvalue weighted by Gasteiger charge is -2.30. The van der Waals surface area contributed by atoms with Crippen LogP contribution in [0, 0.1) is 0 Å². The molecule has 0 bridgehead atoms. The van der Waals surface area contributed by atoms with Crippen molar-refractivity contribution in [1.29, 1.82) is 0 Å². The van der Waals surface area contributed by atoms with Gasteiger partial charge in [-0.25, -0.2) is 0 Å². The van der Waals surface area contributed by atoms with E-state index in [9.17, 15) is 0 Å². The van der Waals surface area contributed by atoms with Crippen molar-refractivity contribution in [3.63, 3.8) is 0 Å². The van der Waals surface area contributed by atoms with Crippen molar-refractivity contribution in [2.45, 2.75) is 51.4 Å². The molecule has 4 heteroatoms. The highest BCUT2D eigenvalue weighted by molar-refractivity contribution is 6.31. The van der Waals surface area contributed by atoms with Crippen molar-refractivity contribution in [1.82, 2.24) is 0 Å². The summed E-state index contributed by atoms with van der Waals surface area (Å²) >= 11 is 6.54. The van der Waals surface area contributed by atoms with Crippen LogP contribution in [0.2, 0.25) is 5.02 Å². The number of ether oxygens (including phenoxy) is 3. The molecule has 1 aliphatic heterocycles. The van der Waals surface area contributed by atoms with Gasteiger partial charge in [0.15, 0.2) is 0 Å². The van der Waals surface area contributed by atoms with Crippen molar-refractivity contribution >= 4 is 11.6 Å². The molecule has 0 aromatic heterocycles. The fraction of sp³-hybridized carbons (Fsp3) is 0.357. The van der Waals surface area contributed by atoms with Crippen LogP contribution in [0.1, 0.15) is 54.5 Å². The van der Waals surface area contributed by atoms with E-state index < -0.39 is 0 Å². The van der Waals surface area contributed by atoms with Crippen LogP contribution in [0.25, 0.3) is 0 Å². The normalized spacial score (nSPS) is 18.4. The molecule has 0 radical (unpaired) electrons. The minimum Gasteiger partial charge on any atom is -0.494 e.